The zero-order valence-corrected chi connectivity index (χ0v) is 30.5. The van der Waals surface area contributed by atoms with Crippen LogP contribution in [0.3, 0.4) is 0 Å². The number of fused-ring (bicyclic) bond motifs is 6. The molecule has 1 aliphatic carbocycles. The molecule has 0 radical (unpaired) electrons. The minimum absolute atomic E-state index is 0.634. The molecule has 1 aliphatic rings. The first-order chi connectivity index (χ1) is 27.8. The SMILES string of the molecule is C1=CC(n2c3ccccc3c3cc(-c4ccc5c(c4)c4ccccc4n5-c4cccc(-c5nc(-c6ccccc6)nc(-c6ccccc6)n5)c4)ccc32)=CCC1. The summed E-state index contributed by atoms with van der Waals surface area (Å²) < 4.78 is 4.77. The molecular formula is C51H35N5. The van der Waals surface area contributed by atoms with Gasteiger partial charge in [-0.05, 0) is 78.6 Å². The largest absolute Gasteiger partial charge is 0.310 e. The molecule has 0 spiro atoms. The summed E-state index contributed by atoms with van der Waals surface area (Å²) in [5.41, 5.74) is 12.3. The van der Waals surface area contributed by atoms with Crippen LogP contribution in [0.5, 0.6) is 0 Å². The maximum absolute atomic E-state index is 5.02. The van der Waals surface area contributed by atoms with Crippen molar-refractivity contribution in [3.63, 3.8) is 0 Å². The molecule has 5 nitrogen and oxygen atoms in total. The monoisotopic (exact) mass is 717 g/mol. The van der Waals surface area contributed by atoms with Crippen molar-refractivity contribution in [1.82, 2.24) is 24.1 Å². The van der Waals surface area contributed by atoms with E-state index in [1.165, 1.54) is 49.4 Å². The van der Waals surface area contributed by atoms with Crippen molar-refractivity contribution in [2.24, 2.45) is 0 Å². The highest BCUT2D eigenvalue weighted by Crippen LogP contribution is 2.39. The molecule has 0 atom stereocenters. The fourth-order valence-corrected chi connectivity index (χ4v) is 8.35. The van der Waals surface area contributed by atoms with E-state index >= 15 is 0 Å². The van der Waals surface area contributed by atoms with Gasteiger partial charge in [-0.3, -0.25) is 0 Å². The third-order valence-electron chi connectivity index (χ3n) is 11.0. The Balaban J connectivity index is 1.04. The molecule has 0 saturated heterocycles. The number of hydrogen-bond donors (Lipinski definition) is 0. The van der Waals surface area contributed by atoms with Crippen LogP contribution in [0, 0.1) is 0 Å². The fourth-order valence-electron chi connectivity index (χ4n) is 8.35. The normalized spacial score (nSPS) is 12.9. The summed E-state index contributed by atoms with van der Waals surface area (Å²) in [4.78, 5) is 14.9. The van der Waals surface area contributed by atoms with Gasteiger partial charge in [-0.15, -0.1) is 0 Å². The van der Waals surface area contributed by atoms with Gasteiger partial charge < -0.3 is 9.13 Å². The lowest BCUT2D eigenvalue weighted by molar-refractivity contribution is 1.02. The highest BCUT2D eigenvalue weighted by molar-refractivity contribution is 6.13. The molecule has 56 heavy (non-hydrogen) atoms. The molecule has 0 fully saturated rings. The number of benzene rings is 7. The predicted molar refractivity (Wildman–Crippen MR) is 232 cm³/mol. The lowest BCUT2D eigenvalue weighted by Crippen LogP contribution is -2.01. The minimum Gasteiger partial charge on any atom is -0.310 e. The van der Waals surface area contributed by atoms with Crippen LogP contribution in [0.4, 0.5) is 0 Å². The molecule has 0 aliphatic heterocycles. The van der Waals surface area contributed by atoms with Crippen LogP contribution in [0.25, 0.3) is 100 Å². The summed E-state index contributed by atoms with van der Waals surface area (Å²) in [7, 11) is 0. The smallest absolute Gasteiger partial charge is 0.164 e. The van der Waals surface area contributed by atoms with Crippen LogP contribution >= 0.6 is 0 Å². The third-order valence-corrected chi connectivity index (χ3v) is 11.0. The van der Waals surface area contributed by atoms with E-state index in [1.807, 2.05) is 60.7 Å². The van der Waals surface area contributed by atoms with Crippen LogP contribution in [-0.2, 0) is 0 Å². The Morgan fingerprint density at radius 2 is 0.857 bits per heavy atom. The molecule has 11 rings (SSSR count). The highest BCUT2D eigenvalue weighted by atomic mass is 15.0. The maximum atomic E-state index is 5.02. The molecule has 5 heteroatoms. The van der Waals surface area contributed by atoms with Gasteiger partial charge in [0.2, 0.25) is 0 Å². The first-order valence-electron chi connectivity index (χ1n) is 19.2. The van der Waals surface area contributed by atoms with Gasteiger partial charge in [0.15, 0.2) is 17.5 Å². The molecule has 10 aromatic rings. The molecule has 0 N–H and O–H groups in total. The van der Waals surface area contributed by atoms with Gasteiger partial charge in [0.25, 0.3) is 0 Å². The lowest BCUT2D eigenvalue weighted by Gasteiger charge is -2.12. The van der Waals surface area contributed by atoms with E-state index in [9.17, 15) is 0 Å². The zero-order valence-electron chi connectivity index (χ0n) is 30.5. The van der Waals surface area contributed by atoms with Gasteiger partial charge >= 0.3 is 0 Å². The van der Waals surface area contributed by atoms with Crippen LogP contribution in [0.1, 0.15) is 12.8 Å². The van der Waals surface area contributed by atoms with Gasteiger partial charge in [-0.25, -0.2) is 15.0 Å². The topological polar surface area (TPSA) is 48.5 Å². The summed E-state index contributed by atoms with van der Waals surface area (Å²) in [5.74, 6) is 1.93. The Hall–Kier alpha value is -7.37. The Morgan fingerprint density at radius 3 is 1.45 bits per heavy atom. The first-order valence-corrected chi connectivity index (χ1v) is 19.2. The van der Waals surface area contributed by atoms with E-state index in [2.05, 4.69) is 137 Å². The van der Waals surface area contributed by atoms with E-state index < -0.39 is 0 Å². The summed E-state index contributed by atoms with van der Waals surface area (Å²) in [6.07, 6.45) is 9.06. The molecule has 0 saturated carbocycles. The van der Waals surface area contributed by atoms with Gasteiger partial charge in [0.05, 0.1) is 22.1 Å². The van der Waals surface area contributed by atoms with Crippen molar-refractivity contribution in [3.8, 4) is 51.0 Å². The highest BCUT2D eigenvalue weighted by Gasteiger charge is 2.18. The number of allylic oxidation sites excluding steroid dienone is 4. The summed E-state index contributed by atoms with van der Waals surface area (Å²) in [6.45, 7) is 0. The molecule has 3 aromatic heterocycles. The minimum atomic E-state index is 0.634. The summed E-state index contributed by atoms with van der Waals surface area (Å²) in [5, 5.41) is 4.95. The average molecular weight is 718 g/mol. The van der Waals surface area contributed by atoms with E-state index in [1.54, 1.807) is 0 Å². The van der Waals surface area contributed by atoms with E-state index in [-0.39, 0.29) is 0 Å². The second kappa shape index (κ2) is 13.2. The Morgan fingerprint density at radius 1 is 0.357 bits per heavy atom. The van der Waals surface area contributed by atoms with Crippen LogP contribution < -0.4 is 0 Å². The standard InChI is InChI=1S/C51H35N5/c1-4-15-34(16-5-1)49-52-50(35-17-6-2-7-18-35)54-51(53-49)38-19-14-22-40(31-38)56-46-26-13-11-24-42(46)44-33-37(28-30-48(44)56)36-27-29-47-43(32-36)41-23-10-12-25-45(41)55(47)39-20-8-3-9-21-39/h1-2,4-8,10-33H,3,9H2. The van der Waals surface area contributed by atoms with Crippen LogP contribution in [-0.4, -0.2) is 24.1 Å². The Kier molecular flexibility index (Phi) is 7.56. The zero-order chi connectivity index (χ0) is 37.0. The van der Waals surface area contributed by atoms with Crippen LogP contribution in [0.15, 0.2) is 188 Å². The van der Waals surface area contributed by atoms with Crippen molar-refractivity contribution in [1.29, 1.82) is 0 Å². The molecular weight excluding hydrogens is 683 g/mol. The van der Waals surface area contributed by atoms with Crippen molar-refractivity contribution in [2.75, 3.05) is 0 Å². The van der Waals surface area contributed by atoms with Crippen molar-refractivity contribution >= 4 is 49.3 Å². The average Bonchev–Trinajstić information content (AvgIpc) is 3.79. The number of rotatable bonds is 6. The van der Waals surface area contributed by atoms with E-state index in [4.69, 9.17) is 15.0 Å². The number of aromatic nitrogens is 5. The third kappa shape index (κ3) is 5.36. The van der Waals surface area contributed by atoms with Gasteiger partial charge in [0.1, 0.15) is 0 Å². The number of hydrogen-bond acceptors (Lipinski definition) is 3. The second-order valence-corrected chi connectivity index (χ2v) is 14.4. The van der Waals surface area contributed by atoms with Gasteiger partial charge in [-0.1, -0.05) is 133 Å². The van der Waals surface area contributed by atoms with Crippen LogP contribution in [0.2, 0.25) is 0 Å². The van der Waals surface area contributed by atoms with E-state index in [0.29, 0.717) is 17.5 Å². The number of para-hydroxylation sites is 2. The molecule has 264 valence electrons. The number of nitrogens with zero attached hydrogens (tertiary/aromatic N) is 5. The van der Waals surface area contributed by atoms with Crippen molar-refractivity contribution in [2.45, 2.75) is 12.8 Å². The molecule has 0 bridgehead atoms. The molecule has 0 unspecified atom stereocenters. The fraction of sp³-hybridized carbons (Fsp3) is 0.0392. The predicted octanol–water partition coefficient (Wildman–Crippen LogP) is 12.9. The molecule has 0 amide bonds. The Bertz CT molecular complexity index is 3130. The first kappa shape index (κ1) is 32.1. The van der Waals surface area contributed by atoms with Gasteiger partial charge in [-0.2, -0.15) is 0 Å². The van der Waals surface area contributed by atoms with Crippen molar-refractivity contribution in [3.05, 3.63) is 188 Å². The molecule has 3 heterocycles. The quantitative estimate of drug-likeness (QED) is 0.172. The van der Waals surface area contributed by atoms with Crippen molar-refractivity contribution < 1.29 is 0 Å². The second-order valence-electron chi connectivity index (χ2n) is 14.4. The summed E-state index contributed by atoms with van der Waals surface area (Å²) >= 11 is 0. The Labute approximate surface area is 324 Å². The lowest BCUT2D eigenvalue weighted by atomic mass is 10.0. The van der Waals surface area contributed by atoms with E-state index in [0.717, 1.165) is 46.3 Å². The summed E-state index contributed by atoms with van der Waals surface area (Å²) in [6, 6.07) is 60.1. The van der Waals surface area contributed by atoms with Gasteiger partial charge in [0, 0.05) is 49.6 Å². The molecule has 7 aromatic carbocycles. The maximum Gasteiger partial charge on any atom is 0.164 e.